The Morgan fingerprint density at radius 1 is 1.16 bits per heavy atom. The molecule has 3 aliphatic rings. The molecule has 6 nitrogen and oxygen atoms in total. The number of rotatable bonds is 7. The van der Waals surface area contributed by atoms with Crippen molar-refractivity contribution < 1.29 is 29.5 Å². The van der Waals surface area contributed by atoms with E-state index in [4.69, 9.17) is 14.2 Å². The Hall–Kier alpha value is -1.61. The zero-order valence-electron chi connectivity index (χ0n) is 22.7. The minimum Gasteiger partial charge on any atom is -0.465 e. The van der Waals surface area contributed by atoms with E-state index in [-0.39, 0.29) is 18.1 Å². The third-order valence-electron chi connectivity index (χ3n) is 7.03. The molecule has 0 amide bonds. The maximum Gasteiger partial charge on any atom is 0.199 e. The van der Waals surface area contributed by atoms with Crippen LogP contribution in [0.3, 0.4) is 0 Å². The van der Waals surface area contributed by atoms with Gasteiger partial charge in [-0.1, -0.05) is 49.8 Å². The third kappa shape index (κ3) is 7.71. The lowest BCUT2D eigenvalue weighted by Gasteiger charge is -2.31. The van der Waals surface area contributed by atoms with Crippen LogP contribution in [0.15, 0.2) is 59.2 Å². The molecule has 3 aliphatic heterocycles. The highest BCUT2D eigenvalue weighted by Gasteiger charge is 2.49. The second-order valence-electron chi connectivity index (χ2n) is 9.48. The van der Waals surface area contributed by atoms with Crippen molar-refractivity contribution in [3.05, 3.63) is 64.8 Å². The van der Waals surface area contributed by atoms with Gasteiger partial charge in [0.25, 0.3) is 0 Å². The minimum absolute atomic E-state index is 0.0684. The Labute approximate surface area is 226 Å². The maximum absolute atomic E-state index is 10.6. The normalized spacial score (nSPS) is 32.5. The quantitative estimate of drug-likeness (QED) is 0.438. The molecule has 3 heterocycles. The van der Waals surface area contributed by atoms with Gasteiger partial charge in [-0.25, -0.2) is 0 Å². The van der Waals surface area contributed by atoms with E-state index < -0.39 is 17.1 Å². The summed E-state index contributed by atoms with van der Waals surface area (Å²) in [5.41, 5.74) is 4.54. The third-order valence-corrected chi connectivity index (χ3v) is 8.59. The molecule has 0 aromatic heterocycles. The molecule has 1 aromatic carbocycles. The van der Waals surface area contributed by atoms with E-state index in [9.17, 15) is 15.3 Å². The van der Waals surface area contributed by atoms with Gasteiger partial charge >= 0.3 is 0 Å². The molecular weight excluding hydrogens is 488 g/mol. The van der Waals surface area contributed by atoms with Crippen LogP contribution in [0.4, 0.5) is 0 Å². The molecule has 0 bridgehead atoms. The highest BCUT2D eigenvalue weighted by molar-refractivity contribution is 8.01. The number of thioether (sulfide) groups is 1. The van der Waals surface area contributed by atoms with E-state index in [0.29, 0.717) is 19.4 Å². The van der Waals surface area contributed by atoms with E-state index in [2.05, 4.69) is 30.4 Å². The number of hydrogen-bond donors (Lipinski definition) is 3. The maximum atomic E-state index is 10.6. The molecule has 7 heteroatoms. The van der Waals surface area contributed by atoms with Crippen molar-refractivity contribution in [3.8, 4) is 5.75 Å². The van der Waals surface area contributed by atoms with Crippen LogP contribution in [0.2, 0.25) is 0 Å². The standard InChI is InChI=1S/C28H38O6S.C2H6/c1-3-19(7-8-20-9-11-22(12-10-20)34-27-6-5-13-32-27)14-24-21(4-2)18-33-28(24)16-26(31)25(30)15-23(17-29)35-28;1-2/h3-4,9-12,14,23,25-27,29-31H,5-8,13,15-18H2,1-2H3;1-2H3/b19-3-,21-4-,24-14+;/t23?,25?,26-,27?,28+;/m0./s1. The molecule has 0 radical (unpaired) electrons. The molecule has 3 saturated heterocycles. The second kappa shape index (κ2) is 14.5. The molecule has 37 heavy (non-hydrogen) atoms. The lowest BCUT2D eigenvalue weighted by Crippen LogP contribution is -2.34. The number of hydrogen-bond acceptors (Lipinski definition) is 7. The number of ether oxygens (including phenoxy) is 3. The van der Waals surface area contributed by atoms with E-state index in [1.807, 2.05) is 39.8 Å². The smallest absolute Gasteiger partial charge is 0.199 e. The molecule has 5 atom stereocenters. The Bertz CT molecular complexity index is 934. The summed E-state index contributed by atoms with van der Waals surface area (Å²) in [4.78, 5) is -0.776. The monoisotopic (exact) mass is 532 g/mol. The van der Waals surface area contributed by atoms with Crippen molar-refractivity contribution >= 4 is 11.8 Å². The Balaban J connectivity index is 0.00000186. The number of aliphatic hydroxyl groups excluding tert-OH is 3. The average molecular weight is 533 g/mol. The van der Waals surface area contributed by atoms with Crippen LogP contribution in [0.1, 0.15) is 65.4 Å². The molecule has 3 unspecified atom stereocenters. The molecule has 3 fully saturated rings. The van der Waals surface area contributed by atoms with Gasteiger partial charge in [0.05, 0.1) is 32.0 Å². The summed E-state index contributed by atoms with van der Waals surface area (Å²) in [7, 11) is 0. The first-order chi connectivity index (χ1) is 18.0. The second-order valence-corrected chi connectivity index (χ2v) is 11.0. The summed E-state index contributed by atoms with van der Waals surface area (Å²) in [6, 6.07) is 8.22. The van der Waals surface area contributed by atoms with Crippen molar-refractivity contribution in [2.75, 3.05) is 19.8 Å². The van der Waals surface area contributed by atoms with Gasteiger partial charge in [-0.15, -0.1) is 11.8 Å². The van der Waals surface area contributed by atoms with Gasteiger partial charge in [-0.2, -0.15) is 0 Å². The van der Waals surface area contributed by atoms with Gasteiger partial charge in [0.1, 0.15) is 10.7 Å². The molecule has 1 aromatic rings. The SMILES string of the molecule is CC.C\C=C(/C=C1\C(=C/C)CO[C@@]12C[C@H](O)C(O)CC(CO)S2)CCc1ccc(OC2CCCO2)cc1. The first kappa shape index (κ1) is 29.9. The van der Waals surface area contributed by atoms with Gasteiger partial charge in [0, 0.05) is 18.1 Å². The molecule has 1 spiro atoms. The molecule has 206 valence electrons. The van der Waals surface area contributed by atoms with Gasteiger partial charge in [0.15, 0.2) is 6.29 Å². The first-order valence-corrected chi connectivity index (χ1v) is 14.5. The van der Waals surface area contributed by atoms with E-state index >= 15 is 0 Å². The zero-order chi connectivity index (χ0) is 26.8. The number of allylic oxidation sites excluding steroid dienone is 4. The first-order valence-electron chi connectivity index (χ1n) is 13.6. The van der Waals surface area contributed by atoms with Gasteiger partial charge in [-0.3, -0.25) is 0 Å². The number of aliphatic hydroxyl groups is 3. The molecule has 4 rings (SSSR count). The van der Waals surface area contributed by atoms with Crippen LogP contribution in [0, 0.1) is 0 Å². The fourth-order valence-corrected chi connectivity index (χ4v) is 6.54. The lowest BCUT2D eigenvalue weighted by molar-refractivity contribution is -0.0390. The molecule has 0 aliphatic carbocycles. The fourth-order valence-electron chi connectivity index (χ4n) is 4.92. The average Bonchev–Trinajstić information content (AvgIpc) is 3.52. The van der Waals surface area contributed by atoms with Crippen LogP contribution in [-0.4, -0.2) is 63.8 Å². The van der Waals surface area contributed by atoms with E-state index in [1.165, 1.54) is 22.9 Å². The molecule has 0 saturated carbocycles. The Kier molecular flexibility index (Phi) is 11.7. The topological polar surface area (TPSA) is 88.4 Å². The zero-order valence-corrected chi connectivity index (χ0v) is 23.5. The highest BCUT2D eigenvalue weighted by atomic mass is 32.2. The van der Waals surface area contributed by atoms with Crippen LogP contribution in [-0.2, 0) is 15.9 Å². The van der Waals surface area contributed by atoms with Crippen molar-refractivity contribution in [3.63, 3.8) is 0 Å². The predicted octanol–water partition coefficient (Wildman–Crippen LogP) is 5.32. The van der Waals surface area contributed by atoms with Gasteiger partial charge < -0.3 is 29.5 Å². The molecule has 3 N–H and O–H groups in total. The van der Waals surface area contributed by atoms with Crippen molar-refractivity contribution in [2.45, 2.75) is 94.9 Å². The number of benzene rings is 1. The van der Waals surface area contributed by atoms with Crippen LogP contribution in [0.5, 0.6) is 5.75 Å². The van der Waals surface area contributed by atoms with Crippen LogP contribution >= 0.6 is 11.8 Å². The fraction of sp³-hybridized carbons (Fsp3) is 0.600. The molecular formula is C30H44O6S. The Morgan fingerprint density at radius 2 is 1.92 bits per heavy atom. The van der Waals surface area contributed by atoms with Gasteiger partial charge in [0.2, 0.25) is 0 Å². The summed E-state index contributed by atoms with van der Waals surface area (Å²) in [5, 5.41) is 30.7. The summed E-state index contributed by atoms with van der Waals surface area (Å²) in [6.07, 6.45) is 8.83. The summed E-state index contributed by atoms with van der Waals surface area (Å²) in [5.74, 6) is 0.835. The minimum atomic E-state index is -0.900. The Morgan fingerprint density at radius 3 is 2.54 bits per heavy atom. The van der Waals surface area contributed by atoms with Gasteiger partial charge in [-0.05, 0) is 68.4 Å². The summed E-state index contributed by atoms with van der Waals surface area (Å²) in [6.45, 7) is 9.19. The van der Waals surface area contributed by atoms with Crippen molar-refractivity contribution in [1.29, 1.82) is 0 Å². The van der Waals surface area contributed by atoms with Crippen molar-refractivity contribution in [1.82, 2.24) is 0 Å². The van der Waals surface area contributed by atoms with Crippen molar-refractivity contribution in [2.24, 2.45) is 0 Å². The lowest BCUT2D eigenvalue weighted by atomic mass is 9.92. The summed E-state index contributed by atoms with van der Waals surface area (Å²) >= 11 is 1.53. The van der Waals surface area contributed by atoms with E-state index in [1.54, 1.807) is 0 Å². The van der Waals surface area contributed by atoms with Crippen LogP contribution < -0.4 is 4.74 Å². The van der Waals surface area contributed by atoms with E-state index in [0.717, 1.165) is 49.2 Å². The predicted molar refractivity (Wildman–Crippen MR) is 150 cm³/mol. The number of aryl methyl sites for hydroxylation is 1. The highest BCUT2D eigenvalue weighted by Crippen LogP contribution is 2.51. The summed E-state index contributed by atoms with van der Waals surface area (Å²) < 4.78 is 17.7. The van der Waals surface area contributed by atoms with Crippen LogP contribution in [0.25, 0.3) is 0 Å². The largest absolute Gasteiger partial charge is 0.465 e.